The summed E-state index contributed by atoms with van der Waals surface area (Å²) >= 11 is 6.31. The second-order valence-corrected chi connectivity index (χ2v) is 12.7. The lowest BCUT2D eigenvalue weighted by Crippen LogP contribution is -2.28. The van der Waals surface area contributed by atoms with Crippen LogP contribution in [0.5, 0.6) is 5.88 Å². The van der Waals surface area contributed by atoms with Crippen molar-refractivity contribution in [3.05, 3.63) is 70.1 Å². The predicted molar refractivity (Wildman–Crippen MR) is 151 cm³/mol. The third kappa shape index (κ3) is 6.43. The second-order valence-electron chi connectivity index (χ2n) is 12.3. The van der Waals surface area contributed by atoms with Gasteiger partial charge in [0.15, 0.2) is 5.78 Å². The van der Waals surface area contributed by atoms with Crippen LogP contribution in [0.3, 0.4) is 0 Å². The van der Waals surface area contributed by atoms with E-state index in [1.165, 1.54) is 0 Å². The maximum Gasteiger partial charge on any atom is 0.221 e. The van der Waals surface area contributed by atoms with Gasteiger partial charge in [-0.15, -0.1) is 0 Å². The molecule has 0 radical (unpaired) electrons. The highest BCUT2D eigenvalue weighted by atomic mass is 35.5. The molecule has 0 N–H and O–H groups in total. The van der Waals surface area contributed by atoms with Gasteiger partial charge in [-0.3, -0.25) is 9.59 Å². The number of fused-ring (bicyclic) bond motifs is 1. The molecule has 3 aromatic rings. The van der Waals surface area contributed by atoms with E-state index in [0.29, 0.717) is 16.9 Å². The number of ketones is 2. The Kier molecular flexibility index (Phi) is 8.27. The van der Waals surface area contributed by atoms with Crippen molar-refractivity contribution < 1.29 is 18.7 Å². The van der Waals surface area contributed by atoms with Gasteiger partial charge in [-0.2, -0.15) is 0 Å². The Morgan fingerprint density at radius 2 is 1.76 bits per heavy atom. The zero-order chi connectivity index (χ0) is 27.7. The maximum absolute atomic E-state index is 15.5. The van der Waals surface area contributed by atoms with E-state index in [1.54, 1.807) is 18.3 Å². The van der Waals surface area contributed by atoms with Crippen LogP contribution in [0.25, 0.3) is 10.8 Å². The van der Waals surface area contributed by atoms with E-state index < -0.39 is 17.0 Å². The van der Waals surface area contributed by atoms with Crippen molar-refractivity contribution >= 4 is 33.9 Å². The topological polar surface area (TPSA) is 56.3 Å². The number of Topliss-reactive ketones (excluding diaryl/α,β-unsaturated/α-hetero) is 2. The average Bonchev–Trinajstić information content (AvgIpc) is 2.84. The largest absolute Gasteiger partial charge is 0.474 e. The van der Waals surface area contributed by atoms with Crippen molar-refractivity contribution in [3.63, 3.8) is 0 Å². The average molecular weight is 538 g/mol. The first-order valence-electron chi connectivity index (χ1n) is 13.4. The quantitative estimate of drug-likeness (QED) is 0.271. The number of benzene rings is 2. The molecule has 1 aliphatic carbocycles. The van der Waals surface area contributed by atoms with E-state index in [4.69, 9.17) is 16.3 Å². The molecule has 0 saturated heterocycles. The van der Waals surface area contributed by atoms with Crippen molar-refractivity contribution in [1.82, 2.24) is 4.98 Å². The van der Waals surface area contributed by atoms with E-state index in [0.717, 1.165) is 42.0 Å². The SMILES string of the molecule is CC1(C)CCC(Oc2nccc3c(CC(=O)c4c(Cl)ccc(CCC(=O)C(C)(C)C)c4F)cccc23)CC1. The minimum atomic E-state index is -0.643. The summed E-state index contributed by atoms with van der Waals surface area (Å²) in [5.74, 6) is -0.441. The van der Waals surface area contributed by atoms with Crippen LogP contribution >= 0.6 is 11.6 Å². The molecule has 1 saturated carbocycles. The molecular formula is C32H37ClFNO3. The Bertz CT molecular complexity index is 1350. The summed E-state index contributed by atoms with van der Waals surface area (Å²) in [6, 6.07) is 10.6. The molecule has 1 aliphatic rings. The molecule has 0 bridgehead atoms. The lowest BCUT2D eigenvalue weighted by atomic mass is 9.76. The molecule has 0 unspecified atom stereocenters. The number of carbonyl (C=O) groups excluding carboxylic acids is 2. The van der Waals surface area contributed by atoms with Crippen molar-refractivity contribution in [1.29, 1.82) is 0 Å². The molecule has 0 aliphatic heterocycles. The molecule has 6 heteroatoms. The molecule has 2 aromatic carbocycles. The molecular weight excluding hydrogens is 501 g/mol. The van der Waals surface area contributed by atoms with Crippen LogP contribution in [0.4, 0.5) is 4.39 Å². The van der Waals surface area contributed by atoms with Crippen LogP contribution in [-0.2, 0) is 17.6 Å². The molecule has 4 rings (SSSR count). The molecule has 0 atom stereocenters. The number of halogens is 2. The number of aromatic nitrogens is 1. The summed E-state index contributed by atoms with van der Waals surface area (Å²) in [6.07, 6.45) is 6.41. The lowest BCUT2D eigenvalue weighted by molar-refractivity contribution is -0.126. The normalized spacial score (nSPS) is 16.0. The summed E-state index contributed by atoms with van der Waals surface area (Å²) < 4.78 is 21.8. The number of hydrogen-bond donors (Lipinski definition) is 0. The number of ether oxygens (including phenoxy) is 1. The number of nitrogens with zero attached hydrogens (tertiary/aromatic N) is 1. The van der Waals surface area contributed by atoms with Crippen LogP contribution in [0.15, 0.2) is 42.6 Å². The first-order valence-corrected chi connectivity index (χ1v) is 13.8. The second kappa shape index (κ2) is 11.1. The van der Waals surface area contributed by atoms with Gasteiger partial charge < -0.3 is 4.74 Å². The van der Waals surface area contributed by atoms with E-state index in [-0.39, 0.29) is 41.7 Å². The van der Waals surface area contributed by atoms with Gasteiger partial charge in [0, 0.05) is 29.8 Å². The number of carbonyl (C=O) groups is 2. The van der Waals surface area contributed by atoms with Crippen LogP contribution in [-0.4, -0.2) is 22.7 Å². The number of rotatable bonds is 8. The molecule has 0 amide bonds. The Hall–Kier alpha value is -2.79. The Balaban J connectivity index is 1.56. The fraction of sp³-hybridized carbons (Fsp3) is 0.469. The molecule has 1 fully saturated rings. The fourth-order valence-corrected chi connectivity index (χ4v) is 5.32. The van der Waals surface area contributed by atoms with Gasteiger partial charge in [0.1, 0.15) is 17.7 Å². The zero-order valence-electron chi connectivity index (χ0n) is 23.0. The smallest absolute Gasteiger partial charge is 0.221 e. The summed E-state index contributed by atoms with van der Waals surface area (Å²) in [4.78, 5) is 30.2. The zero-order valence-corrected chi connectivity index (χ0v) is 23.8. The van der Waals surface area contributed by atoms with E-state index in [9.17, 15) is 9.59 Å². The van der Waals surface area contributed by atoms with Gasteiger partial charge >= 0.3 is 0 Å². The molecule has 0 spiro atoms. The number of aryl methyl sites for hydroxylation is 1. The minimum absolute atomic E-state index is 0.0145. The number of pyridine rings is 1. The van der Waals surface area contributed by atoms with E-state index in [2.05, 4.69) is 18.8 Å². The van der Waals surface area contributed by atoms with Crippen LogP contribution < -0.4 is 4.74 Å². The Morgan fingerprint density at radius 3 is 2.45 bits per heavy atom. The van der Waals surface area contributed by atoms with Crippen molar-refractivity contribution in [2.24, 2.45) is 10.8 Å². The highest BCUT2D eigenvalue weighted by Crippen LogP contribution is 2.37. The van der Waals surface area contributed by atoms with Gasteiger partial charge in [-0.25, -0.2) is 9.37 Å². The van der Waals surface area contributed by atoms with E-state index >= 15 is 4.39 Å². The Morgan fingerprint density at radius 1 is 1.05 bits per heavy atom. The van der Waals surface area contributed by atoms with Gasteiger partial charge in [0.05, 0.1) is 10.6 Å². The van der Waals surface area contributed by atoms with Crippen molar-refractivity contribution in [3.8, 4) is 5.88 Å². The minimum Gasteiger partial charge on any atom is -0.474 e. The first kappa shape index (κ1) is 28.2. The van der Waals surface area contributed by atoms with Gasteiger partial charge in [0.2, 0.25) is 5.88 Å². The van der Waals surface area contributed by atoms with Gasteiger partial charge in [-0.1, -0.05) is 64.4 Å². The van der Waals surface area contributed by atoms with Crippen LogP contribution in [0, 0.1) is 16.6 Å². The maximum atomic E-state index is 15.5. The highest BCUT2D eigenvalue weighted by Gasteiger charge is 2.29. The predicted octanol–water partition coefficient (Wildman–Crippen LogP) is 8.35. The van der Waals surface area contributed by atoms with Gasteiger partial charge in [0.25, 0.3) is 0 Å². The highest BCUT2D eigenvalue weighted by molar-refractivity contribution is 6.34. The monoisotopic (exact) mass is 537 g/mol. The molecule has 38 heavy (non-hydrogen) atoms. The molecule has 202 valence electrons. The standard InChI is InChI=1S/C32H37ClFNO3/c1-31(2,3)27(37)12-10-20-9-11-25(33)28(29(20)34)26(36)19-21-7-6-8-24-23(21)15-18-35-30(24)38-22-13-16-32(4,5)17-14-22/h6-9,11,15,18,22H,10,12-14,16-17,19H2,1-5H3. The fourth-order valence-electron chi connectivity index (χ4n) is 5.07. The van der Waals surface area contributed by atoms with E-state index in [1.807, 2.05) is 45.0 Å². The van der Waals surface area contributed by atoms with Gasteiger partial charge in [-0.05, 0) is 72.2 Å². The van der Waals surface area contributed by atoms with Crippen LogP contribution in [0.1, 0.15) is 88.2 Å². The molecule has 1 heterocycles. The molecule has 4 nitrogen and oxygen atoms in total. The Labute approximate surface area is 229 Å². The van der Waals surface area contributed by atoms with Crippen LogP contribution in [0.2, 0.25) is 5.02 Å². The summed E-state index contributed by atoms with van der Waals surface area (Å²) in [5, 5.41) is 1.76. The van der Waals surface area contributed by atoms with Crippen molar-refractivity contribution in [2.45, 2.75) is 85.7 Å². The first-order chi connectivity index (χ1) is 17.9. The molecule has 1 aromatic heterocycles. The third-order valence-corrected chi connectivity index (χ3v) is 8.00. The summed E-state index contributed by atoms with van der Waals surface area (Å²) in [6.45, 7) is 10.1. The van der Waals surface area contributed by atoms with Crippen molar-refractivity contribution in [2.75, 3.05) is 0 Å². The summed E-state index contributed by atoms with van der Waals surface area (Å²) in [7, 11) is 0. The third-order valence-electron chi connectivity index (χ3n) is 7.68. The lowest BCUT2D eigenvalue weighted by Gasteiger charge is -2.34. The summed E-state index contributed by atoms with van der Waals surface area (Å²) in [5.41, 5.74) is 0.799. The number of hydrogen-bond acceptors (Lipinski definition) is 4.